The lowest BCUT2D eigenvalue weighted by atomic mass is 9.91. The molecule has 22 heavy (non-hydrogen) atoms. The van der Waals surface area contributed by atoms with Crippen molar-refractivity contribution in [2.75, 3.05) is 13.3 Å². The van der Waals surface area contributed by atoms with E-state index in [1.54, 1.807) is 20.8 Å². The molecule has 1 aromatic carbocycles. The Kier molecular flexibility index (Phi) is 4.53. The highest BCUT2D eigenvalue weighted by Gasteiger charge is 2.54. The van der Waals surface area contributed by atoms with Crippen LogP contribution < -0.4 is 0 Å². The molecule has 1 heterocycles. The van der Waals surface area contributed by atoms with Crippen LogP contribution in [0.25, 0.3) is 0 Å². The summed E-state index contributed by atoms with van der Waals surface area (Å²) in [6.45, 7) is 3.27. The molecule has 5 nitrogen and oxygen atoms in total. The van der Waals surface area contributed by atoms with E-state index in [2.05, 4.69) is 0 Å². The molecule has 1 saturated heterocycles. The average Bonchev–Trinajstić information content (AvgIpc) is 2.75. The summed E-state index contributed by atoms with van der Waals surface area (Å²) in [6, 6.07) is 5.42. The minimum absolute atomic E-state index is 0.103. The number of hydrogen-bond donors (Lipinski definition) is 0. The lowest BCUT2D eigenvalue weighted by Crippen LogP contribution is -2.50. The van der Waals surface area contributed by atoms with Gasteiger partial charge < -0.3 is 4.74 Å². The molecular weight excluding hydrogens is 316 g/mol. The van der Waals surface area contributed by atoms with Crippen molar-refractivity contribution in [1.82, 2.24) is 4.31 Å². The molecule has 0 aromatic heterocycles. The predicted molar refractivity (Wildman–Crippen MR) is 76.2 cm³/mol. The van der Waals surface area contributed by atoms with Gasteiger partial charge in [-0.2, -0.15) is 4.31 Å². The van der Waals surface area contributed by atoms with Gasteiger partial charge in [0.1, 0.15) is 23.6 Å². The van der Waals surface area contributed by atoms with Gasteiger partial charge >= 0.3 is 6.09 Å². The first kappa shape index (κ1) is 16.8. The minimum atomic E-state index is -2.25. The monoisotopic (exact) mass is 333 g/mol. The number of carbonyl (C=O) groups excluding carboxylic acids is 1. The molecule has 0 spiro atoms. The van der Waals surface area contributed by atoms with Crippen molar-refractivity contribution >= 4 is 17.4 Å². The maximum Gasteiger partial charge on any atom is 0.425 e. The molecule has 8 heteroatoms. The first-order valence-corrected chi connectivity index (χ1v) is 7.64. The zero-order valence-electron chi connectivity index (χ0n) is 12.5. The van der Waals surface area contributed by atoms with Gasteiger partial charge in [0.2, 0.25) is 0 Å². The van der Waals surface area contributed by atoms with Crippen LogP contribution in [-0.2, 0) is 25.7 Å². The van der Waals surface area contributed by atoms with E-state index >= 15 is 0 Å². The quantitative estimate of drug-likeness (QED) is 0.835. The van der Waals surface area contributed by atoms with Crippen LogP contribution in [0.2, 0.25) is 0 Å². The minimum Gasteiger partial charge on any atom is -0.443 e. The Bertz CT molecular complexity index is 605. The van der Waals surface area contributed by atoms with Gasteiger partial charge in [-0.25, -0.2) is 17.8 Å². The third-order valence-electron chi connectivity index (χ3n) is 3.09. The van der Waals surface area contributed by atoms with Gasteiger partial charge in [-0.3, -0.25) is 4.18 Å². The zero-order valence-corrected chi connectivity index (χ0v) is 13.3. The largest absolute Gasteiger partial charge is 0.443 e. The maximum atomic E-state index is 14.1. The van der Waals surface area contributed by atoms with E-state index in [9.17, 15) is 17.8 Å². The molecule has 2 rings (SSSR count). The number of rotatable bonds is 2. The Balaban J connectivity index is 2.48. The van der Waals surface area contributed by atoms with Crippen LogP contribution in [0.1, 0.15) is 26.3 Å². The highest BCUT2D eigenvalue weighted by molar-refractivity contribution is 7.78. The van der Waals surface area contributed by atoms with E-state index in [0.29, 0.717) is 4.31 Å². The molecule has 1 aromatic rings. The lowest BCUT2D eigenvalue weighted by Gasteiger charge is -2.33. The van der Waals surface area contributed by atoms with Gasteiger partial charge in [-0.1, -0.05) is 18.2 Å². The van der Waals surface area contributed by atoms with E-state index in [1.165, 1.54) is 18.2 Å². The number of carbonyl (C=O) groups is 1. The van der Waals surface area contributed by atoms with Crippen LogP contribution in [0.5, 0.6) is 0 Å². The summed E-state index contributed by atoms with van der Waals surface area (Å²) < 4.78 is 50.5. The molecule has 2 atom stereocenters. The van der Waals surface area contributed by atoms with E-state index < -0.39 is 47.6 Å². The van der Waals surface area contributed by atoms with E-state index in [-0.39, 0.29) is 5.56 Å². The van der Waals surface area contributed by atoms with Gasteiger partial charge in [0.15, 0.2) is 0 Å². The van der Waals surface area contributed by atoms with Crippen molar-refractivity contribution in [3.63, 3.8) is 0 Å². The highest BCUT2D eigenvalue weighted by atomic mass is 32.2. The fourth-order valence-electron chi connectivity index (χ4n) is 2.13. The summed E-state index contributed by atoms with van der Waals surface area (Å²) >= 11 is -2.25. The molecular formula is C14H17F2NO4S. The molecule has 1 aliphatic rings. The molecule has 0 N–H and O–H groups in total. The normalized spacial score (nSPS) is 25.3. The Hall–Kier alpha value is -1.54. The SMILES string of the molecule is CC(C)(C)OC(=O)N1S(=O)OCC1(CF)c1ccccc1F. The summed E-state index contributed by atoms with van der Waals surface area (Å²) in [6.07, 6.45) is -1.02. The van der Waals surface area contributed by atoms with Crippen LogP contribution in [0.4, 0.5) is 13.6 Å². The molecule has 1 fully saturated rings. The Labute approximate surface area is 130 Å². The highest BCUT2D eigenvalue weighted by Crippen LogP contribution is 2.39. The molecule has 1 amide bonds. The number of hydrogen-bond acceptors (Lipinski definition) is 4. The summed E-state index contributed by atoms with van der Waals surface area (Å²) in [5, 5.41) is 0. The fourth-order valence-corrected chi connectivity index (χ4v) is 3.18. The van der Waals surface area contributed by atoms with Gasteiger partial charge in [0.25, 0.3) is 11.3 Å². The topological polar surface area (TPSA) is 55.8 Å². The van der Waals surface area contributed by atoms with Crippen LogP contribution in [0.3, 0.4) is 0 Å². The number of ether oxygens (including phenoxy) is 1. The van der Waals surface area contributed by atoms with Gasteiger partial charge in [0, 0.05) is 5.56 Å². The first-order valence-electron chi connectivity index (χ1n) is 6.60. The van der Waals surface area contributed by atoms with Crippen LogP contribution >= 0.6 is 0 Å². The number of alkyl halides is 1. The second kappa shape index (κ2) is 5.92. The summed E-state index contributed by atoms with van der Waals surface area (Å²) in [4.78, 5) is 12.3. The second-order valence-electron chi connectivity index (χ2n) is 5.90. The summed E-state index contributed by atoms with van der Waals surface area (Å²) in [7, 11) is 0. The number of amides is 1. The molecule has 0 bridgehead atoms. The van der Waals surface area contributed by atoms with Crippen molar-refractivity contribution in [3.8, 4) is 0 Å². The van der Waals surface area contributed by atoms with Gasteiger partial charge in [0.05, 0.1) is 6.61 Å². The molecule has 1 aliphatic heterocycles. The fraction of sp³-hybridized carbons (Fsp3) is 0.500. The van der Waals surface area contributed by atoms with Crippen LogP contribution in [0.15, 0.2) is 24.3 Å². The van der Waals surface area contributed by atoms with Crippen molar-refractivity contribution in [2.24, 2.45) is 0 Å². The Morgan fingerprint density at radius 2 is 2.09 bits per heavy atom. The second-order valence-corrected chi connectivity index (χ2v) is 6.93. The van der Waals surface area contributed by atoms with Gasteiger partial charge in [-0.15, -0.1) is 0 Å². The third kappa shape index (κ3) is 2.98. The molecule has 122 valence electrons. The van der Waals surface area contributed by atoms with Crippen molar-refractivity contribution < 1.29 is 26.7 Å². The lowest BCUT2D eigenvalue weighted by molar-refractivity contribution is 0.0201. The first-order chi connectivity index (χ1) is 10.2. The molecule has 2 unspecified atom stereocenters. The molecule has 0 aliphatic carbocycles. The maximum absolute atomic E-state index is 14.1. The molecule has 0 saturated carbocycles. The average molecular weight is 333 g/mol. The Morgan fingerprint density at radius 1 is 1.45 bits per heavy atom. The number of nitrogens with zero attached hydrogens (tertiary/aromatic N) is 1. The number of benzene rings is 1. The smallest absolute Gasteiger partial charge is 0.425 e. The summed E-state index contributed by atoms with van der Waals surface area (Å²) in [5.41, 5.74) is -2.78. The van der Waals surface area contributed by atoms with E-state index in [1.807, 2.05) is 0 Å². The van der Waals surface area contributed by atoms with E-state index in [0.717, 1.165) is 6.07 Å². The zero-order chi connectivity index (χ0) is 16.5. The molecule has 0 radical (unpaired) electrons. The standard InChI is InChI=1S/C14H17F2NO4S/c1-13(2,3)21-12(18)17-14(8-15,9-20-22(17)19)10-6-4-5-7-11(10)16/h4-7H,8-9H2,1-3H3. The van der Waals surface area contributed by atoms with Gasteiger partial charge in [-0.05, 0) is 26.8 Å². The van der Waals surface area contributed by atoms with Crippen LogP contribution in [-0.4, -0.2) is 33.5 Å². The predicted octanol–water partition coefficient (Wildman–Crippen LogP) is 2.84. The Morgan fingerprint density at radius 3 is 2.64 bits per heavy atom. The van der Waals surface area contributed by atoms with Crippen molar-refractivity contribution in [2.45, 2.75) is 31.9 Å². The number of halogens is 2. The van der Waals surface area contributed by atoms with Crippen molar-refractivity contribution in [1.29, 1.82) is 0 Å². The van der Waals surface area contributed by atoms with Crippen molar-refractivity contribution in [3.05, 3.63) is 35.6 Å². The third-order valence-corrected chi connectivity index (χ3v) is 4.21. The summed E-state index contributed by atoms with van der Waals surface area (Å²) in [5.74, 6) is -0.712. The van der Waals surface area contributed by atoms with Crippen LogP contribution in [0, 0.1) is 5.82 Å². The van der Waals surface area contributed by atoms with E-state index in [4.69, 9.17) is 8.92 Å².